The third kappa shape index (κ3) is 9.73. The summed E-state index contributed by atoms with van der Waals surface area (Å²) in [7, 11) is 0. The van der Waals surface area contributed by atoms with Crippen LogP contribution in [0.5, 0.6) is 0 Å². The van der Waals surface area contributed by atoms with E-state index in [0.29, 0.717) is 35.5 Å². The van der Waals surface area contributed by atoms with E-state index in [1.807, 2.05) is 12.4 Å². The van der Waals surface area contributed by atoms with E-state index >= 15 is 0 Å². The van der Waals surface area contributed by atoms with E-state index in [-0.39, 0.29) is 0 Å². The Kier molecular flexibility index (Phi) is 14.1. The Morgan fingerprint density at radius 2 is 0.830 bits per heavy atom. The number of para-hydroxylation sites is 2. The molecule has 0 amide bonds. The van der Waals surface area contributed by atoms with Gasteiger partial charge in [0.05, 0.1) is 49.7 Å². The summed E-state index contributed by atoms with van der Waals surface area (Å²) >= 11 is 0. The molecular formula is C82H78N6. The Morgan fingerprint density at radius 3 is 1.43 bits per heavy atom. The molecule has 0 radical (unpaired) electrons. The van der Waals surface area contributed by atoms with Gasteiger partial charge in [-0.05, 0) is 223 Å². The van der Waals surface area contributed by atoms with Gasteiger partial charge in [0.15, 0.2) is 0 Å². The third-order valence-electron chi connectivity index (χ3n) is 19.4. The zero-order valence-electron chi connectivity index (χ0n) is 52.2. The fourth-order valence-corrected chi connectivity index (χ4v) is 15.2. The highest BCUT2D eigenvalue weighted by Crippen LogP contribution is 2.42. The second kappa shape index (κ2) is 22.5. The summed E-state index contributed by atoms with van der Waals surface area (Å²) in [6.07, 6.45) is 15.0. The summed E-state index contributed by atoms with van der Waals surface area (Å²) in [5.41, 5.74) is 25.1. The Balaban J connectivity index is 0.807. The van der Waals surface area contributed by atoms with E-state index in [2.05, 4.69) is 280 Å². The summed E-state index contributed by atoms with van der Waals surface area (Å²) in [6, 6.07) is 73.4. The van der Waals surface area contributed by atoms with Gasteiger partial charge in [0.25, 0.3) is 0 Å². The number of allylic oxidation sites excluding steroid dienone is 1. The van der Waals surface area contributed by atoms with Crippen molar-refractivity contribution in [3.05, 3.63) is 235 Å². The summed E-state index contributed by atoms with van der Waals surface area (Å²) in [5.74, 6) is 3.71. The van der Waals surface area contributed by atoms with Crippen molar-refractivity contribution >= 4 is 82.7 Å². The highest BCUT2D eigenvalue weighted by molar-refractivity contribution is 6.13. The minimum absolute atomic E-state index is 0.556. The lowest BCUT2D eigenvalue weighted by Crippen LogP contribution is -2.15. The van der Waals surface area contributed by atoms with Gasteiger partial charge in [-0.1, -0.05) is 146 Å². The van der Waals surface area contributed by atoms with E-state index in [4.69, 9.17) is 9.97 Å². The quantitative estimate of drug-likeness (QED) is 0.0968. The smallest absolute Gasteiger partial charge is 0.0963 e. The molecule has 6 heterocycles. The zero-order chi connectivity index (χ0) is 59.9. The van der Waals surface area contributed by atoms with Gasteiger partial charge in [0.1, 0.15) is 0 Å². The molecule has 2 unspecified atom stereocenters. The van der Waals surface area contributed by atoms with Crippen LogP contribution in [-0.2, 0) is 19.3 Å². The van der Waals surface area contributed by atoms with Crippen molar-refractivity contribution in [1.82, 2.24) is 28.2 Å². The number of aromatic nitrogens is 6. The first-order valence-electron chi connectivity index (χ1n) is 32.4. The van der Waals surface area contributed by atoms with Crippen molar-refractivity contribution in [3.8, 4) is 45.0 Å². The maximum Gasteiger partial charge on any atom is 0.0963 e. The fraction of sp³-hybridized carbons (Fsp3) is 0.244. The third-order valence-corrected chi connectivity index (χ3v) is 19.4. The van der Waals surface area contributed by atoms with Gasteiger partial charge in [-0.2, -0.15) is 0 Å². The Hall–Kier alpha value is -9.26. The van der Waals surface area contributed by atoms with Gasteiger partial charge >= 0.3 is 0 Å². The van der Waals surface area contributed by atoms with Gasteiger partial charge in [-0.25, -0.2) is 0 Å². The molecule has 14 aromatic rings. The monoisotopic (exact) mass is 1150 g/mol. The molecule has 0 saturated carbocycles. The van der Waals surface area contributed by atoms with Crippen molar-refractivity contribution < 1.29 is 0 Å². The molecule has 1 aliphatic carbocycles. The van der Waals surface area contributed by atoms with Crippen molar-refractivity contribution in [2.75, 3.05) is 0 Å². The molecule has 6 nitrogen and oxygen atoms in total. The molecule has 6 heteroatoms. The largest absolute Gasteiger partial charge is 0.311 e. The topological polar surface area (TPSA) is 45.5 Å². The summed E-state index contributed by atoms with van der Waals surface area (Å²) in [4.78, 5) is 10.1. The first-order chi connectivity index (χ1) is 42.9. The van der Waals surface area contributed by atoms with E-state index < -0.39 is 0 Å². The number of nitrogens with zero attached hydrogens (tertiary/aromatic N) is 6. The second-order valence-electron chi connectivity index (χ2n) is 26.9. The van der Waals surface area contributed by atoms with Crippen molar-refractivity contribution in [3.63, 3.8) is 0 Å². The number of pyridine rings is 2. The Bertz CT molecular complexity index is 5030. The van der Waals surface area contributed by atoms with Crippen molar-refractivity contribution in [1.29, 1.82) is 0 Å². The van der Waals surface area contributed by atoms with Crippen LogP contribution >= 0.6 is 0 Å². The maximum absolute atomic E-state index is 5.16. The molecule has 1 aliphatic rings. The van der Waals surface area contributed by atoms with Crippen LogP contribution in [0, 0.1) is 35.5 Å². The van der Waals surface area contributed by atoms with Gasteiger partial charge < -0.3 is 18.3 Å². The first kappa shape index (κ1) is 55.3. The number of fused-ring (bicyclic) bond motifs is 12. The molecule has 0 N–H and O–H groups in total. The highest BCUT2D eigenvalue weighted by Gasteiger charge is 2.25. The standard InChI is InChI=1S/C82H78N6/c1-51(2)39-61(53(5)6)41-55-19-15-21-63(43-55)85-73-26-12-9-23-67(73)70-47-58(31-34-76(70)85)57-20-16-22-64(46-57)86-74-27-13-10-24-68(74)71-48-59(32-35-77(71)86)60-33-36-78-72(49-60)82-80(30-18-38-84-82)88(78)66-45-56(42-62(54(7)8)40-52(3)4)44-65(50-66)87-75-28-14-11-25-69(75)81-79(87)29-17-37-83-81/h9-13,15-27,29-38,43-54,61-62H,14,28,39-42H2,1-8H3. The first-order valence-corrected chi connectivity index (χ1v) is 32.4. The summed E-state index contributed by atoms with van der Waals surface area (Å²) in [6.45, 7) is 19.0. The van der Waals surface area contributed by atoms with E-state index in [1.165, 1.54) is 107 Å². The minimum atomic E-state index is 0.556. The molecule has 0 spiro atoms. The Morgan fingerprint density at radius 1 is 0.364 bits per heavy atom. The van der Waals surface area contributed by atoms with E-state index in [1.54, 1.807) is 0 Å². The summed E-state index contributed by atoms with van der Waals surface area (Å²) < 4.78 is 9.90. The molecule has 0 fully saturated rings. The summed E-state index contributed by atoms with van der Waals surface area (Å²) in [5, 5.41) is 6.13. The van der Waals surface area contributed by atoms with Gasteiger partial charge in [0.2, 0.25) is 0 Å². The van der Waals surface area contributed by atoms with Crippen LogP contribution < -0.4 is 0 Å². The molecule has 6 aromatic heterocycles. The highest BCUT2D eigenvalue weighted by atomic mass is 15.0. The molecule has 2 atom stereocenters. The average molecular weight is 1150 g/mol. The lowest BCUT2D eigenvalue weighted by atomic mass is 9.83. The van der Waals surface area contributed by atoms with Crippen molar-refractivity contribution in [2.24, 2.45) is 35.5 Å². The minimum Gasteiger partial charge on any atom is -0.311 e. The lowest BCUT2D eigenvalue weighted by Gasteiger charge is -2.24. The van der Waals surface area contributed by atoms with Crippen LogP contribution in [0.2, 0.25) is 0 Å². The molecule has 15 rings (SSSR count). The number of hydrogen-bond donors (Lipinski definition) is 0. The molecule has 88 heavy (non-hydrogen) atoms. The molecular weight excluding hydrogens is 1070 g/mol. The van der Waals surface area contributed by atoms with Gasteiger partial charge in [0, 0.05) is 73.3 Å². The second-order valence-corrected chi connectivity index (χ2v) is 26.9. The number of benzene rings is 8. The SMILES string of the molecule is CC(C)CC(Cc1cccc(-n2c3ccccc3c3cc(-c4cccc(-n5c6ccccc6c6cc(-c7ccc8c(c7)c7ncccc7n8-c7cc(CC(CC(C)C)C(C)C)cc(-n8c9c(c%10ncccc%108)C=CCC9)c7)ccc65)c4)ccc32)c1)C(C)C. The molecule has 0 saturated heterocycles. The Labute approximate surface area is 517 Å². The van der Waals surface area contributed by atoms with Crippen LogP contribution in [-0.4, -0.2) is 28.2 Å². The maximum atomic E-state index is 5.16. The van der Waals surface area contributed by atoms with Crippen molar-refractivity contribution in [2.45, 2.75) is 93.9 Å². The van der Waals surface area contributed by atoms with E-state index in [0.717, 1.165) is 75.6 Å². The van der Waals surface area contributed by atoms with Gasteiger partial charge in [-0.15, -0.1) is 0 Å². The zero-order valence-corrected chi connectivity index (χ0v) is 52.2. The van der Waals surface area contributed by atoms with Crippen LogP contribution in [0.4, 0.5) is 0 Å². The predicted molar refractivity (Wildman–Crippen MR) is 373 cm³/mol. The number of rotatable bonds is 16. The van der Waals surface area contributed by atoms with Gasteiger partial charge in [-0.3, -0.25) is 9.97 Å². The van der Waals surface area contributed by atoms with E-state index in [9.17, 15) is 0 Å². The molecule has 0 bridgehead atoms. The number of hydrogen-bond acceptors (Lipinski definition) is 2. The average Bonchev–Trinajstić information content (AvgIpc) is 1.64. The van der Waals surface area contributed by atoms with Crippen LogP contribution in [0.15, 0.2) is 213 Å². The molecule has 0 aliphatic heterocycles. The van der Waals surface area contributed by atoms with Crippen LogP contribution in [0.3, 0.4) is 0 Å². The molecule has 8 aromatic carbocycles. The van der Waals surface area contributed by atoms with Crippen LogP contribution in [0.1, 0.15) is 97.0 Å². The predicted octanol–water partition coefficient (Wildman–Crippen LogP) is 21.7. The van der Waals surface area contributed by atoms with Crippen LogP contribution in [0.25, 0.3) is 128 Å². The lowest BCUT2D eigenvalue weighted by molar-refractivity contribution is 0.315. The molecule has 436 valence electrons. The normalized spacial score (nSPS) is 13.6. The fourth-order valence-electron chi connectivity index (χ4n) is 15.2.